The molecule has 0 bridgehead atoms. The van der Waals surface area contributed by atoms with E-state index in [2.05, 4.69) is 0 Å². The molecule has 1 atom stereocenters. The van der Waals surface area contributed by atoms with E-state index in [1.807, 2.05) is 0 Å². The lowest BCUT2D eigenvalue weighted by Gasteiger charge is -1.99. The zero-order chi connectivity index (χ0) is 10.1. The first-order valence-electron chi connectivity index (χ1n) is 3.97. The average Bonchev–Trinajstić information content (AvgIpc) is 2.16. The van der Waals surface area contributed by atoms with E-state index >= 15 is 0 Å². The molecule has 2 aromatic carbocycles. The summed E-state index contributed by atoms with van der Waals surface area (Å²) < 4.78 is 32.4. The zero-order valence-corrected chi connectivity index (χ0v) is 7.92. The highest BCUT2D eigenvalue weighted by Crippen LogP contribution is 2.18. The van der Waals surface area contributed by atoms with Gasteiger partial charge in [-0.1, -0.05) is 12.1 Å². The third-order valence-corrected chi connectivity index (χ3v) is 2.63. The van der Waals surface area contributed by atoms with Gasteiger partial charge in [0.05, 0.1) is 4.90 Å². The molecule has 0 saturated heterocycles. The van der Waals surface area contributed by atoms with Gasteiger partial charge in [-0.15, -0.1) is 0 Å². The quantitative estimate of drug-likeness (QED) is 0.734. The van der Waals surface area contributed by atoms with E-state index in [0.29, 0.717) is 5.39 Å². The lowest BCUT2D eigenvalue weighted by molar-refractivity contribution is 0.564. The molecule has 0 aliphatic rings. The molecule has 1 N–H and O–H groups in total. The summed E-state index contributed by atoms with van der Waals surface area (Å²) in [6.07, 6.45) is 0. The third kappa shape index (κ3) is 1.66. The van der Waals surface area contributed by atoms with Crippen molar-refractivity contribution in [1.29, 1.82) is 0 Å². The number of hydrogen-bond acceptors (Lipinski definition) is 1. The van der Waals surface area contributed by atoms with Crippen LogP contribution in [0.4, 0.5) is 4.39 Å². The molecule has 2 aromatic rings. The highest BCUT2D eigenvalue weighted by atomic mass is 32.2. The van der Waals surface area contributed by atoms with Crippen molar-refractivity contribution in [2.45, 2.75) is 4.90 Å². The van der Waals surface area contributed by atoms with E-state index in [1.54, 1.807) is 18.2 Å². The molecule has 0 aromatic heterocycles. The molecule has 2 rings (SSSR count). The Morgan fingerprint density at radius 1 is 1.07 bits per heavy atom. The zero-order valence-electron chi connectivity index (χ0n) is 7.11. The van der Waals surface area contributed by atoms with E-state index < -0.39 is 11.1 Å². The molecule has 14 heavy (non-hydrogen) atoms. The summed E-state index contributed by atoms with van der Waals surface area (Å²) in [5.74, 6) is -0.349. The minimum Gasteiger partial charge on any atom is -0.302 e. The number of rotatable bonds is 1. The first kappa shape index (κ1) is 9.30. The van der Waals surface area contributed by atoms with E-state index in [-0.39, 0.29) is 10.7 Å². The Balaban J connectivity index is 2.69. The molecule has 72 valence electrons. The molecule has 0 saturated carbocycles. The fourth-order valence-electron chi connectivity index (χ4n) is 1.30. The van der Waals surface area contributed by atoms with E-state index in [9.17, 15) is 8.60 Å². The second-order valence-corrected chi connectivity index (χ2v) is 3.87. The van der Waals surface area contributed by atoms with Crippen LogP contribution in [0, 0.1) is 5.82 Å². The molecule has 1 unspecified atom stereocenters. The molecule has 0 heterocycles. The van der Waals surface area contributed by atoms with Gasteiger partial charge in [-0.05, 0) is 35.0 Å². The maximum absolute atomic E-state index is 12.8. The number of halogens is 1. The molecule has 0 fully saturated rings. The Morgan fingerprint density at radius 2 is 1.79 bits per heavy atom. The lowest BCUT2D eigenvalue weighted by Crippen LogP contribution is -1.87. The van der Waals surface area contributed by atoms with Crippen molar-refractivity contribution in [3.8, 4) is 0 Å². The highest BCUT2D eigenvalue weighted by molar-refractivity contribution is 7.79. The van der Waals surface area contributed by atoms with Crippen LogP contribution in [-0.2, 0) is 11.1 Å². The predicted octanol–water partition coefficient (Wildman–Crippen LogP) is 2.56. The van der Waals surface area contributed by atoms with E-state index in [0.717, 1.165) is 5.39 Å². The van der Waals surface area contributed by atoms with Crippen LogP contribution < -0.4 is 0 Å². The molecule has 0 radical (unpaired) electrons. The van der Waals surface area contributed by atoms with Gasteiger partial charge in [0.15, 0.2) is 11.1 Å². The number of fused-ring (bicyclic) bond motifs is 1. The Bertz CT molecular complexity index is 510. The smallest absolute Gasteiger partial charge is 0.186 e. The summed E-state index contributed by atoms with van der Waals surface area (Å²) in [5.41, 5.74) is 0. The van der Waals surface area contributed by atoms with Gasteiger partial charge in [0.25, 0.3) is 0 Å². The molecule has 0 aliphatic carbocycles. The van der Waals surface area contributed by atoms with Crippen LogP contribution in [-0.4, -0.2) is 8.76 Å². The topological polar surface area (TPSA) is 37.3 Å². The maximum Gasteiger partial charge on any atom is 0.186 e. The van der Waals surface area contributed by atoms with Crippen LogP contribution in [0.1, 0.15) is 0 Å². The van der Waals surface area contributed by atoms with Crippen LogP contribution in [0.2, 0.25) is 0 Å². The van der Waals surface area contributed by atoms with Gasteiger partial charge in [-0.2, -0.15) is 0 Å². The van der Waals surface area contributed by atoms with Crippen molar-refractivity contribution in [3.05, 3.63) is 42.2 Å². The summed E-state index contributed by atoms with van der Waals surface area (Å²) in [4.78, 5) is 0.281. The lowest BCUT2D eigenvalue weighted by atomic mass is 10.1. The SMILES string of the molecule is O=S(O)c1ccc2ccc(F)cc2c1. The van der Waals surface area contributed by atoms with Crippen molar-refractivity contribution >= 4 is 21.9 Å². The molecule has 2 nitrogen and oxygen atoms in total. The monoisotopic (exact) mass is 210 g/mol. The summed E-state index contributed by atoms with van der Waals surface area (Å²) in [6.45, 7) is 0. The van der Waals surface area contributed by atoms with Crippen molar-refractivity contribution in [3.63, 3.8) is 0 Å². The van der Waals surface area contributed by atoms with Gasteiger partial charge in [0, 0.05) is 0 Å². The second-order valence-electron chi connectivity index (χ2n) is 2.90. The van der Waals surface area contributed by atoms with Crippen LogP contribution in [0.25, 0.3) is 10.8 Å². The van der Waals surface area contributed by atoms with Gasteiger partial charge in [0.2, 0.25) is 0 Å². The summed E-state index contributed by atoms with van der Waals surface area (Å²) in [7, 11) is 0. The van der Waals surface area contributed by atoms with Crippen LogP contribution in [0.15, 0.2) is 41.3 Å². The Morgan fingerprint density at radius 3 is 2.50 bits per heavy atom. The van der Waals surface area contributed by atoms with Crippen LogP contribution >= 0.6 is 0 Å². The average molecular weight is 210 g/mol. The molecule has 4 heteroatoms. The van der Waals surface area contributed by atoms with Crippen molar-refractivity contribution in [2.75, 3.05) is 0 Å². The van der Waals surface area contributed by atoms with Crippen LogP contribution in [0.5, 0.6) is 0 Å². The Labute approximate surface area is 82.7 Å². The Hall–Kier alpha value is -1.26. The minimum atomic E-state index is -2.01. The number of benzene rings is 2. The van der Waals surface area contributed by atoms with Gasteiger partial charge in [-0.3, -0.25) is 0 Å². The fraction of sp³-hybridized carbons (Fsp3) is 0. The van der Waals surface area contributed by atoms with Crippen molar-refractivity contribution in [1.82, 2.24) is 0 Å². The maximum atomic E-state index is 12.8. The highest BCUT2D eigenvalue weighted by Gasteiger charge is 2.01. The Kier molecular flexibility index (Phi) is 2.31. The minimum absolute atomic E-state index is 0.281. The van der Waals surface area contributed by atoms with Gasteiger partial charge in [0.1, 0.15) is 5.82 Å². The summed E-state index contributed by atoms with van der Waals surface area (Å²) >= 11 is -2.01. The van der Waals surface area contributed by atoms with E-state index in [1.165, 1.54) is 18.2 Å². The molecule has 0 aliphatic heterocycles. The molecule has 0 spiro atoms. The first-order chi connectivity index (χ1) is 6.66. The van der Waals surface area contributed by atoms with Crippen molar-refractivity contribution < 1.29 is 13.2 Å². The summed E-state index contributed by atoms with van der Waals surface area (Å²) in [6, 6.07) is 9.08. The summed E-state index contributed by atoms with van der Waals surface area (Å²) in [5, 5.41) is 1.48. The van der Waals surface area contributed by atoms with Gasteiger partial charge in [-0.25, -0.2) is 8.60 Å². The molecular weight excluding hydrogens is 203 g/mol. The standard InChI is InChI=1S/C10H7FO2S/c11-9-3-1-7-2-4-10(14(12)13)6-8(7)5-9/h1-6H,(H,12,13). The number of hydrogen-bond donors (Lipinski definition) is 1. The van der Waals surface area contributed by atoms with Gasteiger partial charge < -0.3 is 4.55 Å². The molecular formula is C10H7FO2S. The first-order valence-corrected chi connectivity index (χ1v) is 5.08. The second kappa shape index (κ2) is 3.48. The van der Waals surface area contributed by atoms with E-state index in [4.69, 9.17) is 4.55 Å². The predicted molar refractivity (Wildman–Crippen MR) is 52.9 cm³/mol. The van der Waals surface area contributed by atoms with Crippen LogP contribution in [0.3, 0.4) is 0 Å². The van der Waals surface area contributed by atoms with Crippen molar-refractivity contribution in [2.24, 2.45) is 0 Å². The molecule has 0 amide bonds. The normalized spacial score (nSPS) is 13.0. The van der Waals surface area contributed by atoms with Gasteiger partial charge >= 0.3 is 0 Å². The third-order valence-electron chi connectivity index (χ3n) is 1.98. The fourth-order valence-corrected chi connectivity index (χ4v) is 1.72. The largest absolute Gasteiger partial charge is 0.302 e.